The number of carbonyl (C=O) groups is 1. The maximum atomic E-state index is 12.1. The van der Waals surface area contributed by atoms with Crippen LogP contribution < -0.4 is 10.1 Å². The molecule has 6 heteroatoms. The van der Waals surface area contributed by atoms with Crippen LogP contribution in [0.1, 0.15) is 37.6 Å². The lowest BCUT2D eigenvalue weighted by molar-refractivity contribution is -0.274. The zero-order valence-corrected chi connectivity index (χ0v) is 11.7. The van der Waals surface area contributed by atoms with Crippen LogP contribution >= 0.6 is 0 Å². The summed E-state index contributed by atoms with van der Waals surface area (Å²) in [5.41, 5.74) is 0.101. The van der Waals surface area contributed by atoms with Crippen LogP contribution in [0.4, 0.5) is 13.2 Å². The first kappa shape index (κ1) is 16.5. The number of hydrogen-bond donors (Lipinski definition) is 1. The van der Waals surface area contributed by atoms with E-state index in [1.165, 1.54) is 12.1 Å². The average Bonchev–Trinajstić information content (AvgIpc) is 2.25. The van der Waals surface area contributed by atoms with Gasteiger partial charge in [0.1, 0.15) is 5.75 Å². The largest absolute Gasteiger partial charge is 0.573 e. The van der Waals surface area contributed by atoms with Crippen molar-refractivity contribution in [3.63, 3.8) is 0 Å². The van der Waals surface area contributed by atoms with Crippen LogP contribution in [0.5, 0.6) is 5.75 Å². The molecule has 0 radical (unpaired) electrons. The van der Waals surface area contributed by atoms with E-state index < -0.39 is 6.36 Å². The van der Waals surface area contributed by atoms with Crippen molar-refractivity contribution in [1.82, 2.24) is 5.32 Å². The smallest absolute Gasteiger partial charge is 0.406 e. The van der Waals surface area contributed by atoms with Crippen LogP contribution in [-0.4, -0.2) is 24.2 Å². The molecule has 0 saturated carbocycles. The molecule has 1 aromatic carbocycles. The van der Waals surface area contributed by atoms with Gasteiger partial charge in [-0.15, -0.1) is 13.2 Å². The van der Waals surface area contributed by atoms with E-state index in [2.05, 4.69) is 10.1 Å². The summed E-state index contributed by atoms with van der Waals surface area (Å²) >= 11 is 0. The molecule has 0 aliphatic heterocycles. The normalized spacial score (nSPS) is 12.3. The number of alkyl halides is 3. The Morgan fingerprint density at radius 2 is 1.90 bits per heavy atom. The minimum atomic E-state index is -4.75. The monoisotopic (exact) mass is 289 g/mol. The number of carbonyl (C=O) groups excluding carboxylic acids is 1. The van der Waals surface area contributed by atoms with Gasteiger partial charge in [-0.1, -0.05) is 12.1 Å². The third kappa shape index (κ3) is 6.56. The zero-order valence-electron chi connectivity index (χ0n) is 11.7. The Morgan fingerprint density at radius 1 is 1.25 bits per heavy atom. The minimum absolute atomic E-state index is 0.110. The third-order valence-corrected chi connectivity index (χ3v) is 2.40. The van der Waals surface area contributed by atoms with E-state index in [1.807, 2.05) is 20.8 Å². The molecule has 0 bridgehead atoms. The highest BCUT2D eigenvalue weighted by Gasteiger charge is 2.31. The molecule has 1 N–H and O–H groups in total. The first-order valence-electron chi connectivity index (χ1n) is 6.21. The van der Waals surface area contributed by atoms with Gasteiger partial charge in [0.15, 0.2) is 5.78 Å². The molecule has 0 aromatic heterocycles. The molecule has 0 aliphatic carbocycles. The highest BCUT2D eigenvalue weighted by atomic mass is 19.4. The molecule has 20 heavy (non-hydrogen) atoms. The van der Waals surface area contributed by atoms with E-state index >= 15 is 0 Å². The Bertz CT molecular complexity index is 464. The fourth-order valence-electron chi connectivity index (χ4n) is 1.56. The van der Waals surface area contributed by atoms with Gasteiger partial charge in [0, 0.05) is 24.1 Å². The quantitative estimate of drug-likeness (QED) is 0.842. The maximum Gasteiger partial charge on any atom is 0.573 e. The Morgan fingerprint density at radius 3 is 2.45 bits per heavy atom. The molecule has 0 atom stereocenters. The second-order valence-corrected chi connectivity index (χ2v) is 5.43. The first-order valence-corrected chi connectivity index (χ1v) is 6.21. The van der Waals surface area contributed by atoms with Gasteiger partial charge in [-0.25, -0.2) is 0 Å². The average molecular weight is 289 g/mol. The first-order chi connectivity index (χ1) is 9.07. The standard InChI is InChI=1S/C14H18F3NO2/c1-13(2,3)18-8-7-12(19)10-5-4-6-11(9-10)20-14(15,16)17/h4-6,9,18H,7-8H2,1-3H3. The lowest BCUT2D eigenvalue weighted by atomic mass is 10.1. The van der Waals surface area contributed by atoms with Gasteiger partial charge in [0.25, 0.3) is 0 Å². The third-order valence-electron chi connectivity index (χ3n) is 2.40. The summed E-state index contributed by atoms with van der Waals surface area (Å²) in [7, 11) is 0. The fraction of sp³-hybridized carbons (Fsp3) is 0.500. The van der Waals surface area contributed by atoms with Gasteiger partial charge >= 0.3 is 6.36 Å². The van der Waals surface area contributed by atoms with E-state index in [1.54, 1.807) is 0 Å². The van der Waals surface area contributed by atoms with Crippen molar-refractivity contribution in [2.24, 2.45) is 0 Å². The SMILES string of the molecule is CC(C)(C)NCCC(=O)c1cccc(OC(F)(F)F)c1. The number of ether oxygens (including phenoxy) is 1. The lowest BCUT2D eigenvalue weighted by Gasteiger charge is -2.20. The summed E-state index contributed by atoms with van der Waals surface area (Å²) in [6.45, 7) is 6.37. The molecule has 0 heterocycles. The van der Waals surface area contributed by atoms with Crippen molar-refractivity contribution in [2.45, 2.75) is 39.1 Å². The summed E-state index contributed by atoms with van der Waals surface area (Å²) in [5, 5.41) is 3.14. The van der Waals surface area contributed by atoms with Crippen molar-refractivity contribution in [2.75, 3.05) is 6.54 Å². The minimum Gasteiger partial charge on any atom is -0.406 e. The number of hydrogen-bond acceptors (Lipinski definition) is 3. The molecule has 0 spiro atoms. The van der Waals surface area contributed by atoms with Crippen molar-refractivity contribution >= 4 is 5.78 Å². The summed E-state index contributed by atoms with van der Waals surface area (Å²) in [4.78, 5) is 11.9. The zero-order chi connectivity index (χ0) is 15.4. The summed E-state index contributed by atoms with van der Waals surface area (Å²) in [6, 6.07) is 5.11. The van der Waals surface area contributed by atoms with E-state index in [9.17, 15) is 18.0 Å². The highest BCUT2D eigenvalue weighted by Crippen LogP contribution is 2.23. The van der Waals surface area contributed by atoms with E-state index in [4.69, 9.17) is 0 Å². The van der Waals surface area contributed by atoms with Gasteiger partial charge < -0.3 is 10.1 Å². The van der Waals surface area contributed by atoms with Crippen LogP contribution in [0.15, 0.2) is 24.3 Å². The van der Waals surface area contributed by atoms with Crippen molar-refractivity contribution in [3.05, 3.63) is 29.8 Å². The molecule has 1 rings (SSSR count). The molecule has 0 fully saturated rings. The highest BCUT2D eigenvalue weighted by molar-refractivity contribution is 5.96. The number of rotatable bonds is 5. The number of benzene rings is 1. The molecule has 112 valence electrons. The van der Waals surface area contributed by atoms with Crippen LogP contribution in [-0.2, 0) is 0 Å². The van der Waals surface area contributed by atoms with Crippen LogP contribution in [0.2, 0.25) is 0 Å². The summed E-state index contributed by atoms with van der Waals surface area (Å²) < 4.78 is 40.1. The number of nitrogens with one attached hydrogen (secondary N) is 1. The summed E-state index contributed by atoms with van der Waals surface area (Å²) in [6.07, 6.45) is -4.54. The van der Waals surface area contributed by atoms with Crippen LogP contribution in [0.25, 0.3) is 0 Å². The molecule has 0 unspecified atom stereocenters. The number of halogens is 3. The van der Waals surface area contributed by atoms with E-state index in [0.717, 1.165) is 12.1 Å². The Labute approximate surface area is 116 Å². The predicted molar refractivity (Wildman–Crippen MR) is 69.8 cm³/mol. The Hall–Kier alpha value is -1.56. The molecule has 3 nitrogen and oxygen atoms in total. The number of Topliss-reactive ketones (excluding diaryl/α,β-unsaturated/α-hetero) is 1. The second-order valence-electron chi connectivity index (χ2n) is 5.43. The molecular formula is C14H18F3NO2. The Balaban J connectivity index is 2.63. The molecular weight excluding hydrogens is 271 g/mol. The maximum absolute atomic E-state index is 12.1. The van der Waals surface area contributed by atoms with Gasteiger partial charge in [0.05, 0.1) is 0 Å². The molecule has 0 amide bonds. The van der Waals surface area contributed by atoms with Crippen LogP contribution in [0, 0.1) is 0 Å². The second kappa shape index (κ2) is 6.26. The van der Waals surface area contributed by atoms with Gasteiger partial charge in [-0.3, -0.25) is 4.79 Å². The van der Waals surface area contributed by atoms with Gasteiger partial charge in [-0.05, 0) is 32.9 Å². The van der Waals surface area contributed by atoms with E-state index in [0.29, 0.717) is 6.54 Å². The van der Waals surface area contributed by atoms with Gasteiger partial charge in [-0.2, -0.15) is 0 Å². The lowest BCUT2D eigenvalue weighted by Crippen LogP contribution is -2.37. The topological polar surface area (TPSA) is 38.3 Å². The molecule has 1 aromatic rings. The van der Waals surface area contributed by atoms with Crippen molar-refractivity contribution in [3.8, 4) is 5.75 Å². The van der Waals surface area contributed by atoms with Crippen molar-refractivity contribution in [1.29, 1.82) is 0 Å². The van der Waals surface area contributed by atoms with E-state index in [-0.39, 0.29) is 29.1 Å². The molecule has 0 saturated heterocycles. The van der Waals surface area contributed by atoms with Gasteiger partial charge in [0.2, 0.25) is 0 Å². The predicted octanol–water partition coefficient (Wildman–Crippen LogP) is 3.55. The Kier molecular flexibility index (Phi) is 5.16. The molecule has 0 aliphatic rings. The number of ketones is 1. The van der Waals surface area contributed by atoms with Crippen molar-refractivity contribution < 1.29 is 22.7 Å². The van der Waals surface area contributed by atoms with Crippen LogP contribution in [0.3, 0.4) is 0 Å². The summed E-state index contributed by atoms with van der Waals surface area (Å²) in [5.74, 6) is -0.610. The fourth-order valence-corrected chi connectivity index (χ4v) is 1.56.